The first kappa shape index (κ1) is 19.9. The van der Waals surface area contributed by atoms with E-state index in [1.165, 1.54) is 6.07 Å². The maximum atomic E-state index is 13.3. The van der Waals surface area contributed by atoms with E-state index in [2.05, 4.69) is 5.32 Å². The van der Waals surface area contributed by atoms with Crippen molar-refractivity contribution in [2.45, 2.75) is 51.0 Å². The predicted octanol–water partition coefficient (Wildman–Crippen LogP) is 2.32. The average Bonchev–Trinajstić information content (AvgIpc) is 2.60. The van der Waals surface area contributed by atoms with Crippen LogP contribution in [0, 0.1) is 6.92 Å². The summed E-state index contributed by atoms with van der Waals surface area (Å²) in [5.74, 6) is -0.497. The number of ether oxygens (including phenoxy) is 1. The third-order valence-electron chi connectivity index (χ3n) is 4.45. The topological polar surface area (TPSA) is 75.7 Å². The van der Waals surface area contributed by atoms with Crippen molar-refractivity contribution < 1.29 is 17.9 Å². The maximum Gasteiger partial charge on any atom is 0.338 e. The van der Waals surface area contributed by atoms with Crippen LogP contribution >= 0.6 is 0 Å². The summed E-state index contributed by atoms with van der Waals surface area (Å²) in [6.07, 6.45) is 2.35. The largest absolute Gasteiger partial charge is 0.462 e. The predicted molar refractivity (Wildman–Crippen MR) is 97.2 cm³/mol. The molecule has 0 spiro atoms. The number of nitrogens with one attached hydrogen (secondary N) is 1. The minimum Gasteiger partial charge on any atom is -0.462 e. The van der Waals surface area contributed by atoms with Crippen LogP contribution in [0.25, 0.3) is 0 Å². The summed E-state index contributed by atoms with van der Waals surface area (Å²) < 4.78 is 33.3. The standard InChI is InChI=1S/C18H28N2O4S/c1-4-12-20(16-8-10-19-11-9-16)25(22,23)17-13-15(7-6-14(17)3)18(21)24-5-2/h6-7,13,16,19H,4-5,8-12H2,1-3H3. The third-order valence-corrected chi connectivity index (χ3v) is 6.54. The average molecular weight is 368 g/mol. The Morgan fingerprint density at radius 2 is 1.96 bits per heavy atom. The van der Waals surface area contributed by atoms with Crippen molar-refractivity contribution in [3.8, 4) is 0 Å². The molecule has 140 valence electrons. The van der Waals surface area contributed by atoms with Gasteiger partial charge in [0, 0.05) is 12.6 Å². The van der Waals surface area contributed by atoms with Gasteiger partial charge >= 0.3 is 5.97 Å². The van der Waals surface area contributed by atoms with E-state index in [1.807, 2.05) is 6.92 Å². The van der Waals surface area contributed by atoms with Crippen LogP contribution in [-0.4, -0.2) is 51.0 Å². The van der Waals surface area contributed by atoms with Crippen LogP contribution in [0.5, 0.6) is 0 Å². The zero-order valence-electron chi connectivity index (χ0n) is 15.2. The molecule has 1 aliphatic rings. The lowest BCUT2D eigenvalue weighted by atomic mass is 10.1. The number of esters is 1. The summed E-state index contributed by atoms with van der Waals surface area (Å²) in [4.78, 5) is 12.2. The Morgan fingerprint density at radius 1 is 1.28 bits per heavy atom. The summed E-state index contributed by atoms with van der Waals surface area (Å²) >= 11 is 0. The minimum absolute atomic E-state index is 0.00292. The van der Waals surface area contributed by atoms with Gasteiger partial charge in [0.05, 0.1) is 17.1 Å². The molecule has 0 bridgehead atoms. The number of nitrogens with zero attached hydrogens (tertiary/aromatic N) is 1. The Balaban J connectivity index is 2.41. The van der Waals surface area contributed by atoms with Crippen molar-refractivity contribution in [2.75, 3.05) is 26.2 Å². The first-order chi connectivity index (χ1) is 11.9. The van der Waals surface area contributed by atoms with Crippen LogP contribution in [0.4, 0.5) is 0 Å². The monoisotopic (exact) mass is 368 g/mol. The van der Waals surface area contributed by atoms with Crippen molar-refractivity contribution in [2.24, 2.45) is 0 Å². The van der Waals surface area contributed by atoms with Crippen LogP contribution in [0.1, 0.15) is 49.0 Å². The second-order valence-corrected chi connectivity index (χ2v) is 8.16. The van der Waals surface area contributed by atoms with E-state index < -0.39 is 16.0 Å². The van der Waals surface area contributed by atoms with Crippen molar-refractivity contribution in [1.29, 1.82) is 0 Å². The van der Waals surface area contributed by atoms with Crippen LogP contribution in [0.2, 0.25) is 0 Å². The molecule has 0 saturated carbocycles. The number of hydrogen-bond acceptors (Lipinski definition) is 5. The zero-order valence-corrected chi connectivity index (χ0v) is 16.1. The number of benzene rings is 1. The molecular formula is C18H28N2O4S. The summed E-state index contributed by atoms with van der Waals surface area (Å²) in [5, 5.41) is 3.27. The molecule has 6 nitrogen and oxygen atoms in total. The highest BCUT2D eigenvalue weighted by Gasteiger charge is 2.33. The number of carbonyl (C=O) groups excluding carboxylic acids is 1. The summed E-state index contributed by atoms with van der Waals surface area (Å²) in [6, 6.07) is 4.73. The van der Waals surface area contributed by atoms with Gasteiger partial charge in [-0.1, -0.05) is 13.0 Å². The normalized spacial score (nSPS) is 16.2. The van der Waals surface area contributed by atoms with E-state index >= 15 is 0 Å². The fourth-order valence-electron chi connectivity index (χ4n) is 3.16. The molecule has 0 amide bonds. The molecule has 1 aromatic carbocycles. The number of rotatable bonds is 7. The smallest absolute Gasteiger partial charge is 0.338 e. The SMILES string of the molecule is CCCN(C1CCNCC1)S(=O)(=O)c1cc(C(=O)OCC)ccc1C. The van der Waals surface area contributed by atoms with E-state index in [0.717, 1.165) is 32.4 Å². The molecule has 0 radical (unpaired) electrons. The molecule has 25 heavy (non-hydrogen) atoms. The van der Waals surface area contributed by atoms with Gasteiger partial charge < -0.3 is 10.1 Å². The Morgan fingerprint density at radius 3 is 2.56 bits per heavy atom. The van der Waals surface area contributed by atoms with Crippen molar-refractivity contribution in [1.82, 2.24) is 9.62 Å². The van der Waals surface area contributed by atoms with Gasteiger partial charge in [0.2, 0.25) is 10.0 Å². The lowest BCUT2D eigenvalue weighted by molar-refractivity contribution is 0.0526. The lowest BCUT2D eigenvalue weighted by Crippen LogP contribution is -2.46. The van der Waals surface area contributed by atoms with Crippen LogP contribution in [0.15, 0.2) is 23.1 Å². The lowest BCUT2D eigenvalue weighted by Gasteiger charge is -2.34. The van der Waals surface area contributed by atoms with Gasteiger partial charge in [0.1, 0.15) is 0 Å². The number of aryl methyl sites for hydroxylation is 1. The maximum absolute atomic E-state index is 13.3. The van der Waals surface area contributed by atoms with E-state index in [4.69, 9.17) is 4.74 Å². The van der Waals surface area contributed by atoms with Crippen molar-refractivity contribution in [3.63, 3.8) is 0 Å². The molecule has 2 rings (SSSR count). The Bertz CT molecular complexity index is 697. The fourth-order valence-corrected chi connectivity index (χ4v) is 5.19. The molecule has 1 heterocycles. The molecule has 1 aromatic rings. The molecule has 0 aliphatic carbocycles. The zero-order chi connectivity index (χ0) is 18.4. The second kappa shape index (κ2) is 8.78. The highest BCUT2D eigenvalue weighted by molar-refractivity contribution is 7.89. The molecular weight excluding hydrogens is 340 g/mol. The van der Waals surface area contributed by atoms with E-state index in [9.17, 15) is 13.2 Å². The second-order valence-electron chi connectivity index (χ2n) is 6.30. The number of piperidine rings is 1. The van der Waals surface area contributed by atoms with Crippen LogP contribution in [-0.2, 0) is 14.8 Å². The van der Waals surface area contributed by atoms with Gasteiger partial charge in [-0.15, -0.1) is 0 Å². The van der Waals surface area contributed by atoms with Crippen molar-refractivity contribution >= 4 is 16.0 Å². The fraction of sp³-hybridized carbons (Fsp3) is 0.611. The minimum atomic E-state index is -3.67. The Hall–Kier alpha value is -1.44. The van der Waals surface area contributed by atoms with Gasteiger partial charge in [0.15, 0.2) is 0 Å². The highest BCUT2D eigenvalue weighted by atomic mass is 32.2. The first-order valence-electron chi connectivity index (χ1n) is 8.92. The van der Waals surface area contributed by atoms with Crippen LogP contribution < -0.4 is 5.32 Å². The highest BCUT2D eigenvalue weighted by Crippen LogP contribution is 2.26. The third kappa shape index (κ3) is 4.59. The van der Waals surface area contributed by atoms with Gasteiger partial charge in [-0.25, -0.2) is 13.2 Å². The molecule has 0 aromatic heterocycles. The molecule has 0 unspecified atom stereocenters. The van der Waals surface area contributed by atoms with Gasteiger partial charge in [-0.2, -0.15) is 4.31 Å². The first-order valence-corrected chi connectivity index (χ1v) is 10.4. The van der Waals surface area contributed by atoms with Gasteiger partial charge in [-0.05, 0) is 63.9 Å². The van der Waals surface area contributed by atoms with E-state index in [1.54, 1.807) is 30.3 Å². The van der Waals surface area contributed by atoms with Gasteiger partial charge in [0.25, 0.3) is 0 Å². The molecule has 1 aliphatic heterocycles. The quantitative estimate of drug-likeness (QED) is 0.748. The Kier molecular flexibility index (Phi) is 6.98. The number of carbonyl (C=O) groups is 1. The summed E-state index contributed by atoms with van der Waals surface area (Å²) in [5.41, 5.74) is 0.913. The molecule has 0 atom stereocenters. The molecule has 7 heteroatoms. The van der Waals surface area contributed by atoms with Gasteiger partial charge in [-0.3, -0.25) is 0 Å². The Labute approximate surface area is 150 Å². The van der Waals surface area contributed by atoms with E-state index in [0.29, 0.717) is 12.1 Å². The molecule has 1 N–H and O–H groups in total. The molecule has 1 saturated heterocycles. The van der Waals surface area contributed by atoms with E-state index in [-0.39, 0.29) is 23.1 Å². The number of sulfonamides is 1. The molecule has 1 fully saturated rings. The van der Waals surface area contributed by atoms with Crippen molar-refractivity contribution in [3.05, 3.63) is 29.3 Å². The summed E-state index contributed by atoms with van der Waals surface area (Å²) in [7, 11) is -3.67. The number of hydrogen-bond donors (Lipinski definition) is 1. The summed E-state index contributed by atoms with van der Waals surface area (Å²) in [6.45, 7) is 7.84. The van der Waals surface area contributed by atoms with Crippen LogP contribution in [0.3, 0.4) is 0 Å².